The van der Waals surface area contributed by atoms with E-state index >= 15 is 0 Å². The topological polar surface area (TPSA) is 66.4 Å². The van der Waals surface area contributed by atoms with Gasteiger partial charge in [-0.3, -0.25) is 9.59 Å². The molecule has 0 saturated heterocycles. The van der Waals surface area contributed by atoms with Gasteiger partial charge in [0.15, 0.2) is 11.6 Å². The Balaban J connectivity index is 2.95. The third-order valence-electron chi connectivity index (χ3n) is 3.56. The highest BCUT2D eigenvalue weighted by Gasteiger charge is 2.39. The Hall–Kier alpha value is -1.50. The van der Waals surface area contributed by atoms with Crippen molar-refractivity contribution in [2.24, 2.45) is 11.3 Å². The molecule has 0 aliphatic heterocycles. The van der Waals surface area contributed by atoms with Crippen LogP contribution < -0.4 is 5.32 Å². The van der Waals surface area contributed by atoms with E-state index in [-0.39, 0.29) is 16.8 Å². The zero-order chi connectivity index (χ0) is 16.4. The average Bonchev–Trinajstić information content (AvgIpc) is 2.33. The van der Waals surface area contributed by atoms with Gasteiger partial charge in [-0.05, 0) is 25.0 Å². The van der Waals surface area contributed by atoms with Gasteiger partial charge >= 0.3 is 5.97 Å². The van der Waals surface area contributed by atoms with E-state index < -0.39 is 34.6 Å². The molecule has 1 atom stereocenters. The van der Waals surface area contributed by atoms with Crippen molar-refractivity contribution < 1.29 is 23.5 Å². The van der Waals surface area contributed by atoms with Crippen LogP contribution >= 0.6 is 15.9 Å². The zero-order valence-corrected chi connectivity index (χ0v) is 13.4. The van der Waals surface area contributed by atoms with Gasteiger partial charge in [0.25, 0.3) is 0 Å². The van der Waals surface area contributed by atoms with Crippen LogP contribution in [-0.2, 0) is 9.59 Å². The summed E-state index contributed by atoms with van der Waals surface area (Å²) in [6.45, 7) is 4.76. The Morgan fingerprint density at radius 3 is 2.19 bits per heavy atom. The number of carbonyl (C=O) groups excluding carboxylic acids is 1. The number of carboxylic acid groups (broad SMARTS) is 1. The van der Waals surface area contributed by atoms with Crippen molar-refractivity contribution in [3.05, 3.63) is 28.2 Å². The van der Waals surface area contributed by atoms with Crippen molar-refractivity contribution in [2.45, 2.75) is 27.2 Å². The minimum absolute atomic E-state index is 0.202. The highest BCUT2D eigenvalue weighted by molar-refractivity contribution is 9.10. The summed E-state index contributed by atoms with van der Waals surface area (Å²) in [5.41, 5.74) is -1.90. The minimum Gasteiger partial charge on any atom is -0.481 e. The quantitative estimate of drug-likeness (QED) is 0.835. The molecule has 116 valence electrons. The highest BCUT2D eigenvalue weighted by Crippen LogP contribution is 2.32. The molecule has 4 nitrogen and oxygen atoms in total. The molecule has 0 aliphatic rings. The summed E-state index contributed by atoms with van der Waals surface area (Å²) in [5, 5.41) is 11.3. The van der Waals surface area contributed by atoms with Gasteiger partial charge < -0.3 is 10.4 Å². The number of carboxylic acids is 1. The maximum atomic E-state index is 13.6. The number of carbonyl (C=O) groups is 2. The molecule has 0 spiro atoms. The van der Waals surface area contributed by atoms with E-state index in [1.165, 1.54) is 6.92 Å². The molecule has 1 aromatic rings. The first kappa shape index (κ1) is 17.6. The Morgan fingerprint density at radius 2 is 1.81 bits per heavy atom. The molecule has 1 unspecified atom stereocenters. The van der Waals surface area contributed by atoms with E-state index in [9.17, 15) is 23.5 Å². The maximum absolute atomic E-state index is 13.6. The summed E-state index contributed by atoms with van der Waals surface area (Å²) >= 11 is 2.93. The van der Waals surface area contributed by atoms with E-state index in [0.717, 1.165) is 12.1 Å². The van der Waals surface area contributed by atoms with E-state index in [0.29, 0.717) is 0 Å². The summed E-state index contributed by atoms with van der Waals surface area (Å²) in [5.74, 6) is -4.08. The Morgan fingerprint density at radius 1 is 1.33 bits per heavy atom. The minimum atomic E-state index is -1.31. The lowest BCUT2D eigenvalue weighted by Gasteiger charge is -2.28. The smallest absolute Gasteiger partial charge is 0.310 e. The molecule has 0 saturated carbocycles. The van der Waals surface area contributed by atoms with Crippen molar-refractivity contribution in [1.82, 2.24) is 0 Å². The van der Waals surface area contributed by atoms with Crippen molar-refractivity contribution in [3.8, 4) is 0 Å². The number of benzene rings is 1. The first-order chi connectivity index (χ1) is 9.57. The molecule has 0 fully saturated rings. The lowest BCUT2D eigenvalue weighted by molar-refractivity contribution is -0.153. The normalized spacial score (nSPS) is 13.9. The molecule has 7 heteroatoms. The summed E-state index contributed by atoms with van der Waals surface area (Å²) in [7, 11) is 0. The number of aliphatic carboxylic acids is 1. The number of hydrogen-bond donors (Lipinski definition) is 2. The number of amides is 1. The molecule has 1 rings (SSSR count). The molecule has 0 aliphatic carbocycles. The van der Waals surface area contributed by atoms with Crippen LogP contribution in [0.3, 0.4) is 0 Å². The summed E-state index contributed by atoms with van der Waals surface area (Å²) in [4.78, 5) is 23.2. The fraction of sp³-hybridized carbons (Fsp3) is 0.429. The van der Waals surface area contributed by atoms with E-state index in [1.54, 1.807) is 13.8 Å². The maximum Gasteiger partial charge on any atom is 0.310 e. The van der Waals surface area contributed by atoms with Crippen LogP contribution in [0.1, 0.15) is 27.2 Å². The van der Waals surface area contributed by atoms with Crippen molar-refractivity contribution >= 4 is 33.5 Å². The molecule has 0 aromatic heterocycles. The van der Waals surface area contributed by atoms with Gasteiger partial charge in [-0.1, -0.05) is 29.8 Å². The molecule has 0 bridgehead atoms. The molecular formula is C14H16BrF2NO3. The summed E-state index contributed by atoms with van der Waals surface area (Å²) in [6.07, 6.45) is -0.380. The number of rotatable bonds is 5. The van der Waals surface area contributed by atoms with Gasteiger partial charge in [0.05, 0.1) is 5.41 Å². The molecular weight excluding hydrogens is 348 g/mol. The zero-order valence-electron chi connectivity index (χ0n) is 11.8. The Labute approximate surface area is 129 Å². The molecule has 2 N–H and O–H groups in total. The van der Waals surface area contributed by atoms with Crippen molar-refractivity contribution in [3.63, 3.8) is 0 Å². The Bertz CT molecular complexity index is 554. The predicted octanol–water partition coefficient (Wildman–Crippen LogP) is 3.80. The second-order valence-electron chi connectivity index (χ2n) is 5.35. The third kappa shape index (κ3) is 4.00. The second-order valence-corrected chi connectivity index (χ2v) is 6.26. The summed E-state index contributed by atoms with van der Waals surface area (Å²) in [6, 6.07) is 2.02. The lowest BCUT2D eigenvalue weighted by Crippen LogP contribution is -2.37. The van der Waals surface area contributed by atoms with Crippen LogP contribution in [-0.4, -0.2) is 17.0 Å². The standard InChI is InChI=1S/C14H16BrF2NO3/c1-7(2)14(3,13(20)21)6-11(19)18-12-9(16)4-8(15)5-10(12)17/h4-5,7H,6H2,1-3H3,(H,18,19)(H,20,21). The van der Waals surface area contributed by atoms with Gasteiger partial charge in [0, 0.05) is 10.9 Å². The highest BCUT2D eigenvalue weighted by atomic mass is 79.9. The molecule has 0 radical (unpaired) electrons. The van der Waals surface area contributed by atoms with Crippen LogP contribution in [0.25, 0.3) is 0 Å². The molecule has 1 aromatic carbocycles. The van der Waals surface area contributed by atoms with Crippen LogP contribution in [0.4, 0.5) is 14.5 Å². The summed E-state index contributed by atoms with van der Waals surface area (Å²) < 4.78 is 27.4. The first-order valence-corrected chi connectivity index (χ1v) is 7.05. The lowest BCUT2D eigenvalue weighted by atomic mass is 9.76. The SMILES string of the molecule is CC(C)C(C)(CC(=O)Nc1c(F)cc(Br)cc1F)C(=O)O. The largest absolute Gasteiger partial charge is 0.481 e. The molecule has 21 heavy (non-hydrogen) atoms. The van der Waals surface area contributed by atoms with Crippen LogP contribution in [0.5, 0.6) is 0 Å². The van der Waals surface area contributed by atoms with E-state index in [2.05, 4.69) is 21.2 Å². The van der Waals surface area contributed by atoms with Crippen molar-refractivity contribution in [1.29, 1.82) is 0 Å². The van der Waals surface area contributed by atoms with E-state index in [1.807, 2.05) is 0 Å². The fourth-order valence-electron chi connectivity index (χ4n) is 1.71. The van der Waals surface area contributed by atoms with Crippen LogP contribution in [0.2, 0.25) is 0 Å². The number of nitrogens with one attached hydrogen (secondary N) is 1. The van der Waals surface area contributed by atoms with Gasteiger partial charge in [-0.15, -0.1) is 0 Å². The molecule has 0 heterocycles. The van der Waals surface area contributed by atoms with E-state index in [4.69, 9.17) is 0 Å². The van der Waals surface area contributed by atoms with Crippen LogP contribution in [0.15, 0.2) is 16.6 Å². The monoisotopic (exact) mass is 363 g/mol. The van der Waals surface area contributed by atoms with Crippen molar-refractivity contribution in [2.75, 3.05) is 5.32 Å². The molecule has 1 amide bonds. The number of hydrogen-bond acceptors (Lipinski definition) is 2. The first-order valence-electron chi connectivity index (χ1n) is 6.25. The number of halogens is 3. The second kappa shape index (κ2) is 6.51. The Kier molecular flexibility index (Phi) is 5.44. The number of anilines is 1. The van der Waals surface area contributed by atoms with Gasteiger partial charge in [-0.25, -0.2) is 8.78 Å². The average molecular weight is 364 g/mol. The van der Waals surface area contributed by atoms with Gasteiger partial charge in [-0.2, -0.15) is 0 Å². The third-order valence-corrected chi connectivity index (χ3v) is 4.02. The predicted molar refractivity (Wildman–Crippen MR) is 77.9 cm³/mol. The van der Waals surface area contributed by atoms with Gasteiger partial charge in [0.2, 0.25) is 5.91 Å². The van der Waals surface area contributed by atoms with Crippen LogP contribution in [0, 0.1) is 23.0 Å². The fourth-order valence-corrected chi connectivity index (χ4v) is 2.11. The van der Waals surface area contributed by atoms with Gasteiger partial charge in [0.1, 0.15) is 5.69 Å².